The molecular formula is C21H33N3O4. The summed E-state index contributed by atoms with van der Waals surface area (Å²) in [6.45, 7) is 6.12. The molecule has 3 N–H and O–H groups in total. The number of carbonyl (C=O) groups is 2. The van der Waals surface area contributed by atoms with Gasteiger partial charge in [-0.1, -0.05) is 44.2 Å². The Kier molecular flexibility index (Phi) is 7.57. The molecule has 156 valence electrons. The molecule has 7 heteroatoms. The minimum Gasteiger partial charge on any atom is -0.391 e. The molecule has 0 spiro atoms. The zero-order valence-electron chi connectivity index (χ0n) is 17.3. The van der Waals surface area contributed by atoms with E-state index in [-0.39, 0.29) is 24.3 Å². The van der Waals surface area contributed by atoms with Gasteiger partial charge in [-0.25, -0.2) is 0 Å². The van der Waals surface area contributed by atoms with Crippen LogP contribution in [0.1, 0.15) is 39.2 Å². The second-order valence-electron chi connectivity index (χ2n) is 8.03. The minimum absolute atomic E-state index is 0.0970. The van der Waals surface area contributed by atoms with E-state index in [4.69, 9.17) is 0 Å². The van der Waals surface area contributed by atoms with Gasteiger partial charge < -0.3 is 20.4 Å². The Morgan fingerprint density at radius 2 is 1.89 bits per heavy atom. The number of likely N-dealkylation sites (N-methyl/N-ethyl adjacent to an activating group) is 1. The Bertz CT molecular complexity index is 665. The summed E-state index contributed by atoms with van der Waals surface area (Å²) >= 11 is 0. The second-order valence-corrected chi connectivity index (χ2v) is 8.03. The maximum Gasteiger partial charge on any atom is 0.240 e. The highest BCUT2D eigenvalue weighted by atomic mass is 16.3. The number of carbonyl (C=O) groups excluding carboxylic acids is 2. The third-order valence-electron chi connectivity index (χ3n) is 5.23. The number of likely N-dealkylation sites (tertiary alicyclic amines) is 1. The molecule has 2 amide bonds. The molecule has 1 aromatic carbocycles. The Morgan fingerprint density at radius 1 is 1.25 bits per heavy atom. The van der Waals surface area contributed by atoms with Gasteiger partial charge >= 0.3 is 0 Å². The first-order valence-electron chi connectivity index (χ1n) is 9.89. The van der Waals surface area contributed by atoms with E-state index in [9.17, 15) is 19.8 Å². The average molecular weight is 392 g/mol. The number of rotatable bonds is 8. The molecule has 0 bridgehead atoms. The van der Waals surface area contributed by atoms with E-state index in [0.29, 0.717) is 25.9 Å². The monoisotopic (exact) mass is 391 g/mol. The predicted octanol–water partition coefficient (Wildman–Crippen LogP) is 0.951. The largest absolute Gasteiger partial charge is 0.391 e. The summed E-state index contributed by atoms with van der Waals surface area (Å²) in [6.07, 6.45) is 0.232. The summed E-state index contributed by atoms with van der Waals surface area (Å²) in [5.41, 5.74) is -0.367. The minimum atomic E-state index is -1.33. The lowest BCUT2D eigenvalue weighted by Gasteiger charge is -2.40. The first-order valence-corrected chi connectivity index (χ1v) is 9.89. The number of hydrogen-bond donors (Lipinski definition) is 3. The second kappa shape index (κ2) is 9.49. The molecular weight excluding hydrogens is 358 g/mol. The van der Waals surface area contributed by atoms with Crippen molar-refractivity contribution in [1.82, 2.24) is 15.1 Å². The van der Waals surface area contributed by atoms with Gasteiger partial charge in [0.15, 0.2) is 5.72 Å². The van der Waals surface area contributed by atoms with Gasteiger partial charge in [0.2, 0.25) is 11.8 Å². The summed E-state index contributed by atoms with van der Waals surface area (Å²) in [6, 6.07) is 8.70. The van der Waals surface area contributed by atoms with Crippen LogP contribution < -0.4 is 5.32 Å². The van der Waals surface area contributed by atoms with Crippen LogP contribution in [0, 0.1) is 5.92 Å². The number of amides is 2. The summed E-state index contributed by atoms with van der Waals surface area (Å²) < 4.78 is 0. The van der Waals surface area contributed by atoms with Gasteiger partial charge in [-0.3, -0.25) is 14.5 Å². The van der Waals surface area contributed by atoms with Crippen LogP contribution in [0.5, 0.6) is 0 Å². The molecule has 0 radical (unpaired) electrons. The Labute approximate surface area is 167 Å². The third-order valence-corrected chi connectivity index (χ3v) is 5.23. The molecule has 1 unspecified atom stereocenters. The maximum atomic E-state index is 12.7. The molecule has 28 heavy (non-hydrogen) atoms. The lowest BCUT2D eigenvalue weighted by atomic mass is 10.0. The van der Waals surface area contributed by atoms with Crippen LogP contribution in [-0.2, 0) is 16.1 Å². The number of nitrogens with one attached hydrogen (secondary N) is 1. The van der Waals surface area contributed by atoms with Crippen LogP contribution >= 0.6 is 0 Å². The highest BCUT2D eigenvalue weighted by molar-refractivity contribution is 5.82. The summed E-state index contributed by atoms with van der Waals surface area (Å²) in [5.74, 6) is -0.628. The molecule has 1 fully saturated rings. The Hall–Kier alpha value is -1.96. The lowest BCUT2D eigenvalue weighted by Crippen LogP contribution is -2.59. The van der Waals surface area contributed by atoms with Crippen LogP contribution in [0.4, 0.5) is 0 Å². The predicted molar refractivity (Wildman–Crippen MR) is 107 cm³/mol. The third kappa shape index (κ3) is 5.31. The summed E-state index contributed by atoms with van der Waals surface area (Å²) in [5, 5.41) is 24.2. The fourth-order valence-electron chi connectivity index (χ4n) is 3.83. The first-order chi connectivity index (χ1) is 13.2. The highest BCUT2D eigenvalue weighted by Gasteiger charge is 2.45. The van der Waals surface area contributed by atoms with Gasteiger partial charge in [0.05, 0.1) is 6.10 Å². The zero-order chi connectivity index (χ0) is 20.9. The molecule has 0 aliphatic carbocycles. The highest BCUT2D eigenvalue weighted by Crippen LogP contribution is 2.29. The fraction of sp³-hybridized carbons (Fsp3) is 0.619. The number of benzene rings is 1. The molecule has 0 aromatic heterocycles. The van der Waals surface area contributed by atoms with Crippen molar-refractivity contribution in [3.8, 4) is 0 Å². The molecule has 1 heterocycles. The van der Waals surface area contributed by atoms with E-state index in [1.54, 1.807) is 32.7 Å². The van der Waals surface area contributed by atoms with Gasteiger partial charge in [0, 0.05) is 25.6 Å². The fourth-order valence-corrected chi connectivity index (χ4v) is 3.83. The molecule has 1 aliphatic rings. The SMILES string of the molecule is CC(C)C(=O)N1CCCC1(O)CN(C)[C@H](C(=O)NCc1ccccc1)[C@@H](C)O. The standard InChI is InChI=1S/C21H33N3O4/c1-15(2)20(27)24-12-8-11-21(24,28)14-23(4)18(16(3)25)19(26)22-13-17-9-6-5-7-10-17/h5-7,9-10,15-16,18,25,28H,8,11-14H2,1-4H3,(H,22,26)/t16-,18+,21?/m1/s1. The topological polar surface area (TPSA) is 93.1 Å². The average Bonchev–Trinajstić information content (AvgIpc) is 3.00. The Balaban J connectivity index is 2.06. The normalized spacial score (nSPS) is 21.8. The molecule has 3 atom stereocenters. The number of hydrogen-bond acceptors (Lipinski definition) is 5. The van der Waals surface area contributed by atoms with E-state index in [0.717, 1.165) is 5.56 Å². The molecule has 7 nitrogen and oxygen atoms in total. The van der Waals surface area contributed by atoms with Gasteiger partial charge in [0.1, 0.15) is 6.04 Å². The van der Waals surface area contributed by atoms with Gasteiger partial charge in [-0.05, 0) is 32.4 Å². The van der Waals surface area contributed by atoms with Crippen LogP contribution in [0.15, 0.2) is 30.3 Å². The lowest BCUT2D eigenvalue weighted by molar-refractivity contribution is -0.161. The number of aliphatic hydroxyl groups excluding tert-OH is 1. The van der Waals surface area contributed by atoms with E-state index in [1.165, 1.54) is 4.90 Å². The van der Waals surface area contributed by atoms with Gasteiger partial charge in [-0.2, -0.15) is 0 Å². The molecule has 0 saturated carbocycles. The molecule has 1 saturated heterocycles. The summed E-state index contributed by atoms with van der Waals surface area (Å²) in [7, 11) is 1.69. The van der Waals surface area contributed by atoms with Gasteiger partial charge in [-0.15, -0.1) is 0 Å². The molecule has 1 aliphatic heterocycles. The van der Waals surface area contributed by atoms with Crippen molar-refractivity contribution >= 4 is 11.8 Å². The van der Waals surface area contributed by atoms with Crippen molar-refractivity contribution in [1.29, 1.82) is 0 Å². The molecule has 2 rings (SSSR count). The quantitative estimate of drug-likeness (QED) is 0.614. The van der Waals surface area contributed by atoms with Crippen molar-refractivity contribution in [2.75, 3.05) is 20.1 Å². The van der Waals surface area contributed by atoms with E-state index in [1.807, 2.05) is 30.3 Å². The summed E-state index contributed by atoms with van der Waals surface area (Å²) in [4.78, 5) is 28.3. The maximum absolute atomic E-state index is 12.7. The van der Waals surface area contributed by atoms with Crippen molar-refractivity contribution in [3.05, 3.63) is 35.9 Å². The van der Waals surface area contributed by atoms with Crippen LogP contribution in [0.3, 0.4) is 0 Å². The van der Waals surface area contributed by atoms with Crippen molar-refractivity contribution in [3.63, 3.8) is 0 Å². The van der Waals surface area contributed by atoms with E-state index >= 15 is 0 Å². The van der Waals surface area contributed by atoms with Crippen LogP contribution in [-0.4, -0.2) is 69.8 Å². The van der Waals surface area contributed by atoms with Crippen molar-refractivity contribution < 1.29 is 19.8 Å². The van der Waals surface area contributed by atoms with Gasteiger partial charge in [0.25, 0.3) is 0 Å². The smallest absolute Gasteiger partial charge is 0.240 e. The molecule has 1 aromatic rings. The number of aliphatic hydroxyl groups is 2. The van der Waals surface area contributed by atoms with Crippen molar-refractivity contribution in [2.24, 2.45) is 5.92 Å². The van der Waals surface area contributed by atoms with E-state index in [2.05, 4.69) is 5.32 Å². The van der Waals surface area contributed by atoms with Crippen molar-refractivity contribution in [2.45, 2.75) is 58.0 Å². The Morgan fingerprint density at radius 3 is 2.46 bits per heavy atom. The van der Waals surface area contributed by atoms with Crippen LogP contribution in [0.25, 0.3) is 0 Å². The van der Waals surface area contributed by atoms with Crippen LogP contribution in [0.2, 0.25) is 0 Å². The first kappa shape index (κ1) is 22.3. The van der Waals surface area contributed by atoms with E-state index < -0.39 is 17.9 Å². The number of nitrogens with zero attached hydrogens (tertiary/aromatic N) is 2. The zero-order valence-corrected chi connectivity index (χ0v) is 17.3.